The molecule has 5 heteroatoms. The van der Waals surface area contributed by atoms with Crippen molar-refractivity contribution >= 4 is 17.6 Å². The fourth-order valence-electron chi connectivity index (χ4n) is 2.45. The predicted octanol–water partition coefficient (Wildman–Crippen LogP) is 3.50. The Morgan fingerprint density at radius 3 is 2.76 bits per heavy atom. The zero-order valence-electron chi connectivity index (χ0n) is 11.3. The summed E-state index contributed by atoms with van der Waals surface area (Å²) in [5.41, 5.74) is 3.01. The Morgan fingerprint density at radius 1 is 1.29 bits per heavy atom. The maximum atomic E-state index is 11.3. The highest BCUT2D eigenvalue weighted by Crippen LogP contribution is 2.27. The van der Waals surface area contributed by atoms with Crippen molar-refractivity contribution in [2.24, 2.45) is 0 Å². The van der Waals surface area contributed by atoms with Crippen LogP contribution in [0.2, 0.25) is 5.02 Å². The summed E-state index contributed by atoms with van der Waals surface area (Å²) in [6.07, 6.45) is 2.79. The Morgan fingerprint density at radius 2 is 2.05 bits per heavy atom. The third kappa shape index (κ3) is 3.00. The van der Waals surface area contributed by atoms with E-state index in [0.29, 0.717) is 5.02 Å². The molecule has 4 nitrogen and oxygen atoms in total. The van der Waals surface area contributed by atoms with Crippen molar-refractivity contribution in [3.8, 4) is 5.88 Å². The van der Waals surface area contributed by atoms with Gasteiger partial charge in [0.1, 0.15) is 12.2 Å². The van der Waals surface area contributed by atoms with E-state index in [4.69, 9.17) is 16.3 Å². The summed E-state index contributed by atoms with van der Waals surface area (Å²) in [6.45, 7) is 0.267. The van der Waals surface area contributed by atoms with Crippen molar-refractivity contribution in [3.05, 3.63) is 57.7 Å². The molecule has 0 aliphatic heterocycles. The van der Waals surface area contributed by atoms with E-state index >= 15 is 0 Å². The molecule has 0 unspecified atom stereocenters. The van der Waals surface area contributed by atoms with Gasteiger partial charge in [0, 0.05) is 10.7 Å². The lowest BCUT2D eigenvalue weighted by atomic mass is 10.1. The summed E-state index contributed by atoms with van der Waals surface area (Å²) in [4.78, 5) is 15.7. The molecule has 0 spiro atoms. The number of fused-ring (bicyclic) bond motifs is 1. The highest BCUT2D eigenvalue weighted by atomic mass is 35.5. The molecule has 2 aromatic rings. The first-order valence-electron chi connectivity index (χ1n) is 6.77. The van der Waals surface area contributed by atoms with Crippen molar-refractivity contribution in [1.82, 2.24) is 4.98 Å². The normalized spacial score (nSPS) is 13.0. The van der Waals surface area contributed by atoms with E-state index in [-0.39, 0.29) is 18.1 Å². The monoisotopic (exact) mass is 303 g/mol. The maximum Gasteiger partial charge on any atom is 0.341 e. The van der Waals surface area contributed by atoms with Crippen LogP contribution in [0, 0.1) is 0 Å². The van der Waals surface area contributed by atoms with Gasteiger partial charge in [0.15, 0.2) is 0 Å². The summed E-state index contributed by atoms with van der Waals surface area (Å²) in [5, 5.41) is 9.95. The number of aromatic carboxylic acids is 1. The Bertz CT molecular complexity index is 683. The number of benzene rings is 1. The fourth-order valence-corrected chi connectivity index (χ4v) is 2.57. The lowest BCUT2D eigenvalue weighted by molar-refractivity contribution is 0.0690. The van der Waals surface area contributed by atoms with Crippen LogP contribution in [0.15, 0.2) is 30.3 Å². The van der Waals surface area contributed by atoms with Gasteiger partial charge in [0.25, 0.3) is 0 Å². The van der Waals surface area contributed by atoms with Crippen LogP contribution in [0.5, 0.6) is 5.88 Å². The minimum Gasteiger partial charge on any atom is -0.477 e. The second kappa shape index (κ2) is 5.74. The second-order valence-corrected chi connectivity index (χ2v) is 5.46. The van der Waals surface area contributed by atoms with Crippen molar-refractivity contribution in [2.45, 2.75) is 25.9 Å². The van der Waals surface area contributed by atoms with E-state index in [0.717, 1.165) is 36.1 Å². The van der Waals surface area contributed by atoms with Crippen LogP contribution < -0.4 is 4.74 Å². The Kier molecular flexibility index (Phi) is 3.80. The molecule has 0 amide bonds. The average Bonchev–Trinajstić information content (AvgIpc) is 2.92. The number of hydrogen-bond acceptors (Lipinski definition) is 3. The van der Waals surface area contributed by atoms with E-state index in [9.17, 15) is 9.90 Å². The largest absolute Gasteiger partial charge is 0.477 e. The predicted molar refractivity (Wildman–Crippen MR) is 79.0 cm³/mol. The van der Waals surface area contributed by atoms with Crippen molar-refractivity contribution < 1.29 is 14.6 Å². The SMILES string of the molecule is O=C(O)c1cc2c(nc1OCc1ccc(Cl)cc1)CCC2. The summed E-state index contributed by atoms with van der Waals surface area (Å²) < 4.78 is 5.61. The minimum absolute atomic E-state index is 0.129. The van der Waals surface area contributed by atoms with Crippen LogP contribution in [0.4, 0.5) is 0 Å². The number of carboxylic acid groups (broad SMARTS) is 1. The van der Waals surface area contributed by atoms with Gasteiger partial charge in [-0.15, -0.1) is 0 Å². The number of ether oxygens (including phenoxy) is 1. The van der Waals surface area contributed by atoms with Crippen molar-refractivity contribution in [2.75, 3.05) is 0 Å². The molecule has 0 radical (unpaired) electrons. The number of carboxylic acids is 1. The van der Waals surface area contributed by atoms with Crippen LogP contribution in [0.3, 0.4) is 0 Å². The summed E-state index contributed by atoms with van der Waals surface area (Å²) in [6, 6.07) is 8.92. The molecule has 1 aliphatic carbocycles. The lowest BCUT2D eigenvalue weighted by Gasteiger charge is -2.10. The molecule has 1 heterocycles. The third-order valence-electron chi connectivity index (χ3n) is 3.54. The number of halogens is 1. The van der Waals surface area contributed by atoms with Crippen LogP contribution in [0.1, 0.15) is 33.6 Å². The first kappa shape index (κ1) is 13.9. The van der Waals surface area contributed by atoms with Gasteiger partial charge in [-0.2, -0.15) is 0 Å². The molecular formula is C16H14ClNO3. The molecule has 1 aromatic carbocycles. The van der Waals surface area contributed by atoms with E-state index in [1.807, 2.05) is 12.1 Å². The Balaban J connectivity index is 1.84. The van der Waals surface area contributed by atoms with Crippen molar-refractivity contribution in [3.63, 3.8) is 0 Å². The summed E-state index contributed by atoms with van der Waals surface area (Å²) in [7, 11) is 0. The van der Waals surface area contributed by atoms with Gasteiger partial charge in [-0.05, 0) is 48.6 Å². The molecular weight excluding hydrogens is 290 g/mol. The zero-order chi connectivity index (χ0) is 14.8. The fraction of sp³-hybridized carbons (Fsp3) is 0.250. The molecule has 1 aliphatic rings. The third-order valence-corrected chi connectivity index (χ3v) is 3.79. The van der Waals surface area contributed by atoms with Gasteiger partial charge < -0.3 is 9.84 Å². The van der Waals surface area contributed by atoms with Gasteiger partial charge in [-0.25, -0.2) is 9.78 Å². The quantitative estimate of drug-likeness (QED) is 0.939. The van der Waals surface area contributed by atoms with Gasteiger partial charge in [-0.1, -0.05) is 23.7 Å². The Labute approximate surface area is 127 Å². The number of pyridine rings is 1. The number of rotatable bonds is 4. The van der Waals surface area contributed by atoms with E-state index in [1.165, 1.54) is 0 Å². The van der Waals surface area contributed by atoms with Crippen LogP contribution in [-0.2, 0) is 19.4 Å². The minimum atomic E-state index is -1.01. The maximum absolute atomic E-state index is 11.3. The lowest BCUT2D eigenvalue weighted by Crippen LogP contribution is -2.07. The molecule has 0 bridgehead atoms. The molecule has 108 valence electrons. The topological polar surface area (TPSA) is 59.4 Å². The van der Waals surface area contributed by atoms with Gasteiger partial charge >= 0.3 is 5.97 Å². The van der Waals surface area contributed by atoms with Gasteiger partial charge in [0.2, 0.25) is 5.88 Å². The Hall–Kier alpha value is -2.07. The summed E-state index contributed by atoms with van der Waals surface area (Å²) in [5.74, 6) is -0.818. The molecule has 0 saturated heterocycles. The first-order chi connectivity index (χ1) is 10.1. The molecule has 0 saturated carbocycles. The highest BCUT2D eigenvalue weighted by Gasteiger charge is 2.20. The standard InChI is InChI=1S/C16H14ClNO3/c17-12-6-4-10(5-7-12)9-21-15-13(16(19)20)8-11-2-1-3-14(11)18-15/h4-8H,1-3,9H2,(H,19,20). The number of aryl methyl sites for hydroxylation is 2. The molecule has 0 fully saturated rings. The zero-order valence-corrected chi connectivity index (χ0v) is 12.1. The van der Waals surface area contributed by atoms with Crippen LogP contribution >= 0.6 is 11.6 Å². The highest BCUT2D eigenvalue weighted by molar-refractivity contribution is 6.30. The number of aromatic nitrogens is 1. The number of nitrogens with zero attached hydrogens (tertiary/aromatic N) is 1. The van der Waals surface area contributed by atoms with E-state index in [2.05, 4.69) is 4.98 Å². The first-order valence-corrected chi connectivity index (χ1v) is 7.14. The van der Waals surface area contributed by atoms with Crippen LogP contribution in [-0.4, -0.2) is 16.1 Å². The molecule has 1 aromatic heterocycles. The van der Waals surface area contributed by atoms with E-state index in [1.54, 1.807) is 18.2 Å². The molecule has 3 rings (SSSR count). The van der Waals surface area contributed by atoms with Gasteiger partial charge in [0.05, 0.1) is 0 Å². The van der Waals surface area contributed by atoms with Crippen molar-refractivity contribution in [1.29, 1.82) is 0 Å². The van der Waals surface area contributed by atoms with Crippen LogP contribution in [0.25, 0.3) is 0 Å². The summed E-state index contributed by atoms with van der Waals surface area (Å²) >= 11 is 5.83. The second-order valence-electron chi connectivity index (χ2n) is 5.02. The van der Waals surface area contributed by atoms with E-state index < -0.39 is 5.97 Å². The molecule has 0 atom stereocenters. The number of carbonyl (C=O) groups is 1. The average molecular weight is 304 g/mol. The molecule has 1 N–H and O–H groups in total. The van der Waals surface area contributed by atoms with Gasteiger partial charge in [-0.3, -0.25) is 0 Å². The smallest absolute Gasteiger partial charge is 0.341 e. The number of hydrogen-bond donors (Lipinski definition) is 1. The molecule has 21 heavy (non-hydrogen) atoms.